The number of nitrogens with zero attached hydrogens (tertiary/aromatic N) is 1. The van der Waals surface area contributed by atoms with Crippen LogP contribution in [0.3, 0.4) is 0 Å². The Kier molecular flexibility index (Phi) is 8.42. The summed E-state index contributed by atoms with van der Waals surface area (Å²) < 4.78 is 0. The van der Waals surface area contributed by atoms with Crippen molar-refractivity contribution in [2.45, 2.75) is 41.9 Å². The monoisotopic (exact) mass is 541 g/mol. The summed E-state index contributed by atoms with van der Waals surface area (Å²) >= 11 is 1.48. The van der Waals surface area contributed by atoms with Gasteiger partial charge in [0.15, 0.2) is 0 Å². The van der Waals surface area contributed by atoms with Crippen molar-refractivity contribution in [3.63, 3.8) is 0 Å². The van der Waals surface area contributed by atoms with Crippen LogP contribution in [0.1, 0.15) is 35.6 Å². The van der Waals surface area contributed by atoms with Gasteiger partial charge in [-0.1, -0.05) is 72.8 Å². The van der Waals surface area contributed by atoms with Gasteiger partial charge in [-0.3, -0.25) is 19.2 Å². The Bertz CT molecular complexity index is 1350. The second kappa shape index (κ2) is 12.3. The van der Waals surface area contributed by atoms with Crippen molar-refractivity contribution >= 4 is 41.0 Å². The van der Waals surface area contributed by atoms with E-state index in [1.54, 1.807) is 0 Å². The maximum atomic E-state index is 14.2. The van der Waals surface area contributed by atoms with Crippen LogP contribution in [0.25, 0.3) is 0 Å². The molecule has 2 aliphatic rings. The first-order chi connectivity index (χ1) is 19.0. The maximum absolute atomic E-state index is 14.2. The highest BCUT2D eigenvalue weighted by molar-refractivity contribution is 7.99. The summed E-state index contributed by atoms with van der Waals surface area (Å²) in [7, 11) is 0. The zero-order valence-corrected chi connectivity index (χ0v) is 22.4. The largest absolute Gasteiger partial charge is 0.354 e. The molecule has 1 aliphatic carbocycles. The second-order valence-corrected chi connectivity index (χ2v) is 11.0. The molecule has 1 heterocycles. The fourth-order valence-corrected chi connectivity index (χ4v) is 6.49. The Morgan fingerprint density at radius 3 is 2.31 bits per heavy atom. The van der Waals surface area contributed by atoms with Crippen LogP contribution in [-0.4, -0.2) is 42.6 Å². The molecule has 3 atom stereocenters. The lowest BCUT2D eigenvalue weighted by atomic mass is 10.0. The number of nitrogens with one attached hydrogen (secondary N) is 2. The first-order valence-corrected chi connectivity index (χ1v) is 14.1. The number of para-hydroxylation sites is 1. The van der Waals surface area contributed by atoms with E-state index in [0.29, 0.717) is 37.9 Å². The molecule has 0 bridgehead atoms. The highest BCUT2D eigenvalue weighted by atomic mass is 32.2. The number of carbonyl (C=O) groups excluding carboxylic acids is 4. The number of hydrogen-bond acceptors (Lipinski definition) is 5. The molecule has 2 N–H and O–H groups in total. The SMILES string of the molecule is O=C(CN1C(=O)[C@@H](NC(=O)C2CCCC2=O)[C@@H](c2ccccc2)Sc2ccccc21)NCCc1ccccc1. The third-order valence-corrected chi connectivity index (χ3v) is 8.57. The van der Waals surface area contributed by atoms with E-state index in [9.17, 15) is 19.2 Å². The van der Waals surface area contributed by atoms with E-state index in [-0.39, 0.29) is 24.1 Å². The van der Waals surface area contributed by atoms with Crippen molar-refractivity contribution < 1.29 is 19.2 Å². The number of carbonyl (C=O) groups is 4. The van der Waals surface area contributed by atoms with Gasteiger partial charge >= 0.3 is 0 Å². The fourth-order valence-electron chi connectivity index (χ4n) is 5.14. The Balaban J connectivity index is 1.41. The van der Waals surface area contributed by atoms with Crippen LogP contribution in [-0.2, 0) is 25.6 Å². The third kappa shape index (κ3) is 6.23. The van der Waals surface area contributed by atoms with Crippen LogP contribution in [0.2, 0.25) is 0 Å². The van der Waals surface area contributed by atoms with Gasteiger partial charge in [0.05, 0.1) is 16.9 Å². The molecule has 3 aromatic rings. The van der Waals surface area contributed by atoms with Gasteiger partial charge in [0.25, 0.3) is 5.91 Å². The zero-order chi connectivity index (χ0) is 27.2. The van der Waals surface area contributed by atoms with Crippen molar-refractivity contribution in [1.29, 1.82) is 0 Å². The van der Waals surface area contributed by atoms with Crippen molar-refractivity contribution in [3.05, 3.63) is 96.1 Å². The van der Waals surface area contributed by atoms with E-state index in [2.05, 4.69) is 10.6 Å². The summed E-state index contributed by atoms with van der Waals surface area (Å²) in [5.41, 5.74) is 2.61. The van der Waals surface area contributed by atoms with Gasteiger partial charge in [-0.25, -0.2) is 0 Å². The Morgan fingerprint density at radius 2 is 1.59 bits per heavy atom. The zero-order valence-electron chi connectivity index (χ0n) is 21.5. The molecule has 3 amide bonds. The van der Waals surface area contributed by atoms with E-state index in [1.807, 2.05) is 84.9 Å². The van der Waals surface area contributed by atoms with E-state index in [0.717, 1.165) is 16.0 Å². The Hall–Kier alpha value is -3.91. The molecule has 1 unspecified atom stereocenters. The Morgan fingerprint density at radius 1 is 0.897 bits per heavy atom. The molecule has 8 heteroatoms. The highest BCUT2D eigenvalue weighted by Gasteiger charge is 2.42. The predicted molar refractivity (Wildman–Crippen MR) is 151 cm³/mol. The van der Waals surface area contributed by atoms with E-state index in [4.69, 9.17) is 0 Å². The number of fused-ring (bicyclic) bond motifs is 1. The summed E-state index contributed by atoms with van der Waals surface area (Å²) in [6.07, 6.45) is 2.22. The number of hydrogen-bond donors (Lipinski definition) is 2. The van der Waals surface area contributed by atoms with Gasteiger partial charge in [0.1, 0.15) is 18.4 Å². The summed E-state index contributed by atoms with van der Waals surface area (Å²) in [6, 6.07) is 25.9. The fraction of sp³-hybridized carbons (Fsp3) is 0.290. The normalized spacial score (nSPS) is 20.7. The number of benzene rings is 3. The molecular formula is C31H31N3O4S. The molecule has 0 aromatic heterocycles. The lowest BCUT2D eigenvalue weighted by Crippen LogP contribution is -2.53. The number of ketones is 1. The molecule has 0 saturated heterocycles. The first kappa shape index (κ1) is 26.7. The summed E-state index contributed by atoms with van der Waals surface area (Å²) in [5.74, 6) is -1.91. The lowest BCUT2D eigenvalue weighted by molar-refractivity contribution is -0.135. The lowest BCUT2D eigenvalue weighted by Gasteiger charge is -2.29. The van der Waals surface area contributed by atoms with E-state index in [1.165, 1.54) is 16.7 Å². The van der Waals surface area contributed by atoms with Gasteiger partial charge in [-0.15, -0.1) is 11.8 Å². The van der Waals surface area contributed by atoms with Gasteiger partial charge in [0, 0.05) is 17.9 Å². The van der Waals surface area contributed by atoms with Crippen molar-refractivity contribution in [2.24, 2.45) is 5.92 Å². The van der Waals surface area contributed by atoms with Gasteiger partial charge in [0.2, 0.25) is 11.8 Å². The molecule has 5 rings (SSSR count). The number of amides is 3. The van der Waals surface area contributed by atoms with Crippen LogP contribution in [0.15, 0.2) is 89.8 Å². The molecule has 0 spiro atoms. The quantitative estimate of drug-likeness (QED) is 0.419. The number of rotatable bonds is 8. The number of thioether (sulfide) groups is 1. The van der Waals surface area contributed by atoms with Gasteiger partial charge < -0.3 is 15.5 Å². The summed E-state index contributed by atoms with van der Waals surface area (Å²) in [6.45, 7) is 0.263. The molecule has 1 aliphatic heterocycles. The average molecular weight is 542 g/mol. The predicted octanol–water partition coefficient (Wildman–Crippen LogP) is 4.08. The molecule has 3 aromatic carbocycles. The first-order valence-electron chi connectivity index (χ1n) is 13.3. The minimum Gasteiger partial charge on any atom is -0.354 e. The van der Waals surface area contributed by atoms with Crippen LogP contribution in [0.4, 0.5) is 5.69 Å². The topological polar surface area (TPSA) is 95.6 Å². The average Bonchev–Trinajstić information content (AvgIpc) is 3.36. The van der Waals surface area contributed by atoms with Crippen LogP contribution >= 0.6 is 11.8 Å². The summed E-state index contributed by atoms with van der Waals surface area (Å²) in [4.78, 5) is 55.1. The molecular weight excluding hydrogens is 510 g/mol. The van der Waals surface area contributed by atoms with Crippen LogP contribution in [0, 0.1) is 5.92 Å². The third-order valence-electron chi connectivity index (χ3n) is 7.17. The van der Waals surface area contributed by atoms with Gasteiger partial charge in [-0.05, 0) is 42.5 Å². The van der Waals surface area contributed by atoms with Crippen molar-refractivity contribution in [1.82, 2.24) is 10.6 Å². The molecule has 1 saturated carbocycles. The molecule has 0 radical (unpaired) electrons. The van der Waals surface area contributed by atoms with Crippen LogP contribution < -0.4 is 15.5 Å². The minimum atomic E-state index is -0.956. The smallest absolute Gasteiger partial charge is 0.251 e. The molecule has 7 nitrogen and oxygen atoms in total. The summed E-state index contributed by atoms with van der Waals surface area (Å²) in [5, 5.41) is 5.42. The van der Waals surface area contributed by atoms with Crippen molar-refractivity contribution in [3.8, 4) is 0 Å². The Labute approximate surface area is 232 Å². The maximum Gasteiger partial charge on any atom is 0.251 e. The highest BCUT2D eigenvalue weighted by Crippen LogP contribution is 2.45. The van der Waals surface area contributed by atoms with Crippen LogP contribution in [0.5, 0.6) is 0 Å². The number of anilines is 1. The van der Waals surface area contributed by atoms with E-state index < -0.39 is 23.1 Å². The van der Waals surface area contributed by atoms with Crippen molar-refractivity contribution in [2.75, 3.05) is 18.0 Å². The van der Waals surface area contributed by atoms with E-state index >= 15 is 0 Å². The minimum absolute atomic E-state index is 0.0876. The molecule has 1 fully saturated rings. The standard InChI is InChI=1S/C31H31N3O4S/c35-25-16-9-14-23(25)30(37)33-28-29(22-12-5-2-6-13-22)39-26-17-8-7-15-24(26)34(31(28)38)20-27(36)32-19-18-21-10-3-1-4-11-21/h1-8,10-13,15,17,23,28-29H,9,14,16,18-20H2,(H,32,36)(H,33,37)/t23?,28-,29+/m0/s1. The van der Waals surface area contributed by atoms with Gasteiger partial charge in [-0.2, -0.15) is 0 Å². The second-order valence-electron chi connectivity index (χ2n) is 9.82. The molecule has 200 valence electrons. The number of Topliss-reactive ketones (excluding diaryl/α,β-unsaturated/α-hetero) is 1. The molecule has 39 heavy (non-hydrogen) atoms.